The second-order valence-corrected chi connectivity index (χ2v) is 15.1. The Kier molecular flexibility index (Phi) is 4.31. The highest BCUT2D eigenvalue weighted by Crippen LogP contribution is 2.41. The summed E-state index contributed by atoms with van der Waals surface area (Å²) in [7, 11) is -1.30. The molecule has 0 unspecified atom stereocenters. The standard InChI is InChI=1S/C26H30OSi/c1-17-11-16-22-21-10-8-9-20(18-12-14-19(15-13-18)28(5,6)7)24(21)27-25(22)23(17)26(2,3)4/h8-16H,1-7H3. The molecule has 0 aliphatic rings. The van der Waals surface area contributed by atoms with Gasteiger partial charge in [-0.2, -0.15) is 0 Å². The molecule has 1 nitrogen and oxygen atoms in total. The fraction of sp³-hybridized carbons (Fsp3) is 0.308. The number of hydrogen-bond acceptors (Lipinski definition) is 1. The van der Waals surface area contributed by atoms with Gasteiger partial charge in [0.1, 0.15) is 11.2 Å². The molecular formula is C26H30OSi. The smallest absolute Gasteiger partial charge is 0.143 e. The monoisotopic (exact) mass is 386 g/mol. The van der Waals surface area contributed by atoms with Gasteiger partial charge in [0.15, 0.2) is 0 Å². The topological polar surface area (TPSA) is 13.1 Å². The van der Waals surface area contributed by atoms with Crippen LogP contribution in [0.1, 0.15) is 31.9 Å². The van der Waals surface area contributed by atoms with Crippen molar-refractivity contribution in [2.75, 3.05) is 0 Å². The zero-order valence-electron chi connectivity index (χ0n) is 18.1. The Morgan fingerprint density at radius 3 is 2.00 bits per heavy atom. The predicted molar refractivity (Wildman–Crippen MR) is 126 cm³/mol. The van der Waals surface area contributed by atoms with Crippen molar-refractivity contribution in [3.8, 4) is 11.1 Å². The van der Waals surface area contributed by atoms with Crippen molar-refractivity contribution in [2.45, 2.75) is 52.8 Å². The molecule has 0 spiro atoms. The first-order valence-corrected chi connectivity index (χ1v) is 13.6. The van der Waals surface area contributed by atoms with Crippen LogP contribution in [0, 0.1) is 6.92 Å². The van der Waals surface area contributed by atoms with Gasteiger partial charge in [-0.15, -0.1) is 0 Å². The summed E-state index contributed by atoms with van der Waals surface area (Å²) < 4.78 is 6.58. The van der Waals surface area contributed by atoms with Crippen LogP contribution in [0.2, 0.25) is 19.6 Å². The fourth-order valence-corrected chi connectivity index (χ4v) is 5.44. The minimum absolute atomic E-state index is 0.0383. The van der Waals surface area contributed by atoms with Crippen molar-refractivity contribution >= 4 is 35.2 Å². The quantitative estimate of drug-likeness (QED) is 0.327. The van der Waals surface area contributed by atoms with Gasteiger partial charge in [0, 0.05) is 21.9 Å². The average Bonchev–Trinajstić information content (AvgIpc) is 2.98. The molecule has 0 bridgehead atoms. The molecule has 28 heavy (non-hydrogen) atoms. The van der Waals surface area contributed by atoms with Crippen LogP contribution < -0.4 is 5.19 Å². The Morgan fingerprint density at radius 1 is 0.750 bits per heavy atom. The third kappa shape index (κ3) is 3.10. The zero-order chi connectivity index (χ0) is 20.3. The molecule has 0 saturated carbocycles. The number of rotatable bonds is 2. The molecule has 0 amide bonds. The van der Waals surface area contributed by atoms with Gasteiger partial charge in [-0.25, -0.2) is 0 Å². The molecule has 0 atom stereocenters. The Bertz CT molecular complexity index is 1170. The van der Waals surface area contributed by atoms with Gasteiger partial charge in [-0.3, -0.25) is 0 Å². The van der Waals surface area contributed by atoms with Crippen LogP contribution in [-0.2, 0) is 5.41 Å². The summed E-state index contributed by atoms with van der Waals surface area (Å²) in [4.78, 5) is 0. The number of fused-ring (bicyclic) bond motifs is 3. The number of para-hydroxylation sites is 1. The Hall–Kier alpha value is -2.32. The highest BCUT2D eigenvalue weighted by Gasteiger charge is 2.24. The molecule has 144 valence electrons. The SMILES string of the molecule is Cc1ccc2c(oc3c(-c4ccc([Si](C)(C)C)cc4)cccc32)c1C(C)(C)C. The molecule has 4 rings (SSSR count). The highest BCUT2D eigenvalue weighted by atomic mass is 28.3. The molecule has 0 aliphatic heterocycles. The van der Waals surface area contributed by atoms with Gasteiger partial charge in [-0.1, -0.05) is 100 Å². The molecule has 0 aliphatic carbocycles. The van der Waals surface area contributed by atoms with E-state index in [0.717, 1.165) is 11.2 Å². The number of hydrogen-bond donors (Lipinski definition) is 0. The highest BCUT2D eigenvalue weighted by molar-refractivity contribution is 6.88. The molecule has 3 aromatic carbocycles. The first-order chi connectivity index (χ1) is 13.1. The summed E-state index contributed by atoms with van der Waals surface area (Å²) in [5.41, 5.74) is 7.06. The lowest BCUT2D eigenvalue weighted by Crippen LogP contribution is -2.37. The van der Waals surface area contributed by atoms with Crippen molar-refractivity contribution in [1.29, 1.82) is 0 Å². The first-order valence-electron chi connectivity index (χ1n) is 10.1. The van der Waals surface area contributed by atoms with Crippen LogP contribution >= 0.6 is 0 Å². The van der Waals surface area contributed by atoms with E-state index in [1.54, 1.807) is 0 Å². The summed E-state index contributed by atoms with van der Waals surface area (Å²) in [5.74, 6) is 0. The van der Waals surface area contributed by atoms with Gasteiger partial charge >= 0.3 is 0 Å². The maximum Gasteiger partial charge on any atom is 0.143 e. The number of benzene rings is 3. The van der Waals surface area contributed by atoms with E-state index in [9.17, 15) is 0 Å². The molecule has 0 radical (unpaired) electrons. The summed E-state index contributed by atoms with van der Waals surface area (Å²) in [6, 6.07) is 20.1. The van der Waals surface area contributed by atoms with E-state index in [-0.39, 0.29) is 5.41 Å². The molecule has 0 fully saturated rings. The molecular weight excluding hydrogens is 356 g/mol. The van der Waals surface area contributed by atoms with E-state index in [0.29, 0.717) is 0 Å². The molecule has 4 aromatic rings. The second-order valence-electron chi connectivity index (χ2n) is 10.00. The van der Waals surface area contributed by atoms with E-state index in [4.69, 9.17) is 4.42 Å². The van der Waals surface area contributed by atoms with Gasteiger partial charge in [0.25, 0.3) is 0 Å². The molecule has 1 heterocycles. The van der Waals surface area contributed by atoms with Crippen molar-refractivity contribution in [3.05, 3.63) is 65.7 Å². The van der Waals surface area contributed by atoms with Crippen LogP contribution in [-0.4, -0.2) is 8.07 Å². The van der Waals surface area contributed by atoms with Gasteiger partial charge < -0.3 is 4.42 Å². The van der Waals surface area contributed by atoms with E-state index in [1.165, 1.54) is 38.2 Å². The average molecular weight is 387 g/mol. The van der Waals surface area contributed by atoms with Crippen LogP contribution in [0.4, 0.5) is 0 Å². The number of aryl methyl sites for hydroxylation is 1. The first kappa shape index (κ1) is 19.0. The van der Waals surface area contributed by atoms with E-state index in [2.05, 4.69) is 102 Å². The maximum absolute atomic E-state index is 6.58. The van der Waals surface area contributed by atoms with Crippen molar-refractivity contribution in [3.63, 3.8) is 0 Å². The second kappa shape index (κ2) is 6.35. The van der Waals surface area contributed by atoms with Crippen LogP contribution in [0.3, 0.4) is 0 Å². The zero-order valence-corrected chi connectivity index (χ0v) is 19.1. The van der Waals surface area contributed by atoms with E-state index >= 15 is 0 Å². The van der Waals surface area contributed by atoms with Gasteiger partial charge in [0.05, 0.1) is 8.07 Å². The Morgan fingerprint density at radius 2 is 1.39 bits per heavy atom. The van der Waals surface area contributed by atoms with E-state index in [1.807, 2.05) is 0 Å². The normalized spacial score (nSPS) is 12.8. The summed E-state index contributed by atoms with van der Waals surface area (Å²) >= 11 is 0. The molecule has 0 N–H and O–H groups in total. The Balaban J connectivity index is 1.98. The molecule has 1 aromatic heterocycles. The fourth-order valence-electron chi connectivity index (χ4n) is 4.27. The van der Waals surface area contributed by atoms with Crippen LogP contribution in [0.25, 0.3) is 33.1 Å². The Labute approximate surface area is 169 Å². The lowest BCUT2D eigenvalue weighted by atomic mass is 9.83. The summed E-state index contributed by atoms with van der Waals surface area (Å²) in [6.45, 7) is 16.1. The maximum atomic E-state index is 6.58. The van der Waals surface area contributed by atoms with Crippen LogP contribution in [0.5, 0.6) is 0 Å². The lowest BCUT2D eigenvalue weighted by molar-refractivity contribution is 0.569. The summed E-state index contributed by atoms with van der Waals surface area (Å²) in [5, 5.41) is 3.90. The third-order valence-corrected chi connectivity index (χ3v) is 7.75. The van der Waals surface area contributed by atoms with Gasteiger partial charge in [-0.05, 0) is 23.5 Å². The summed E-state index contributed by atoms with van der Waals surface area (Å²) in [6.07, 6.45) is 0. The van der Waals surface area contributed by atoms with Crippen LogP contribution in [0.15, 0.2) is 59.0 Å². The largest absolute Gasteiger partial charge is 0.455 e. The number of furan rings is 1. The van der Waals surface area contributed by atoms with Crippen molar-refractivity contribution in [2.24, 2.45) is 0 Å². The molecule has 2 heteroatoms. The van der Waals surface area contributed by atoms with Gasteiger partial charge in [0.2, 0.25) is 0 Å². The predicted octanol–water partition coefficient (Wildman–Crippen LogP) is 7.40. The lowest BCUT2D eigenvalue weighted by Gasteiger charge is -2.21. The molecule has 0 saturated heterocycles. The van der Waals surface area contributed by atoms with Crippen molar-refractivity contribution in [1.82, 2.24) is 0 Å². The minimum atomic E-state index is -1.30. The van der Waals surface area contributed by atoms with Crippen molar-refractivity contribution < 1.29 is 4.42 Å². The minimum Gasteiger partial charge on any atom is -0.455 e. The van der Waals surface area contributed by atoms with E-state index < -0.39 is 8.07 Å². The third-order valence-electron chi connectivity index (χ3n) is 5.69.